The molecule has 2 aliphatic rings. The molecule has 1 aliphatic heterocycles. The molecule has 6 nitrogen and oxygen atoms in total. The van der Waals surface area contributed by atoms with Gasteiger partial charge in [-0.25, -0.2) is 15.0 Å². The third-order valence-electron chi connectivity index (χ3n) is 5.55. The van der Waals surface area contributed by atoms with Crippen LogP contribution in [-0.2, 0) is 4.74 Å². The molecule has 0 radical (unpaired) electrons. The monoisotopic (exact) mass is 367 g/mol. The van der Waals surface area contributed by atoms with E-state index in [1.807, 2.05) is 24.3 Å². The molecule has 0 aromatic carbocycles. The molecule has 144 valence electrons. The first-order chi connectivity index (χ1) is 13.4. The van der Waals surface area contributed by atoms with E-state index < -0.39 is 0 Å². The molecule has 2 aromatic heterocycles. The van der Waals surface area contributed by atoms with Gasteiger partial charge in [-0.05, 0) is 43.7 Å². The molecule has 2 aromatic rings. The second kappa shape index (κ2) is 9.13. The Balaban J connectivity index is 1.40. The summed E-state index contributed by atoms with van der Waals surface area (Å²) >= 11 is 0. The fourth-order valence-electron chi connectivity index (χ4n) is 3.91. The number of rotatable bonds is 6. The van der Waals surface area contributed by atoms with Gasteiger partial charge in [-0.1, -0.05) is 25.3 Å². The van der Waals surface area contributed by atoms with Crippen molar-refractivity contribution in [2.24, 2.45) is 5.92 Å². The van der Waals surface area contributed by atoms with Gasteiger partial charge < -0.3 is 15.4 Å². The maximum absolute atomic E-state index is 5.43. The highest BCUT2D eigenvalue weighted by atomic mass is 16.5. The van der Waals surface area contributed by atoms with E-state index in [4.69, 9.17) is 9.72 Å². The molecule has 27 heavy (non-hydrogen) atoms. The van der Waals surface area contributed by atoms with Crippen molar-refractivity contribution in [1.82, 2.24) is 15.0 Å². The third-order valence-corrected chi connectivity index (χ3v) is 5.55. The minimum Gasteiger partial charge on any atom is -0.381 e. The van der Waals surface area contributed by atoms with E-state index in [0.717, 1.165) is 55.6 Å². The zero-order valence-corrected chi connectivity index (χ0v) is 15.9. The van der Waals surface area contributed by atoms with Crippen molar-refractivity contribution in [3.8, 4) is 11.4 Å². The van der Waals surface area contributed by atoms with E-state index in [-0.39, 0.29) is 0 Å². The highest BCUT2D eigenvalue weighted by Gasteiger charge is 2.15. The fourth-order valence-corrected chi connectivity index (χ4v) is 3.91. The predicted molar refractivity (Wildman–Crippen MR) is 108 cm³/mol. The lowest BCUT2D eigenvalue weighted by Crippen LogP contribution is -2.23. The Morgan fingerprint density at radius 2 is 1.78 bits per heavy atom. The number of hydrogen-bond donors (Lipinski definition) is 2. The van der Waals surface area contributed by atoms with Crippen LogP contribution in [0.4, 0.5) is 11.6 Å². The molecule has 0 bridgehead atoms. The first-order valence-electron chi connectivity index (χ1n) is 10.2. The van der Waals surface area contributed by atoms with E-state index in [1.54, 1.807) is 6.33 Å². The number of anilines is 2. The maximum atomic E-state index is 5.43. The summed E-state index contributed by atoms with van der Waals surface area (Å²) in [6, 6.07) is 8.60. The van der Waals surface area contributed by atoms with Crippen molar-refractivity contribution in [2.75, 3.05) is 30.4 Å². The molecule has 0 amide bonds. The summed E-state index contributed by atoms with van der Waals surface area (Å²) < 4.78 is 5.43. The van der Waals surface area contributed by atoms with Crippen LogP contribution in [0, 0.1) is 5.92 Å². The van der Waals surface area contributed by atoms with Crippen molar-refractivity contribution < 1.29 is 4.74 Å². The molecular formula is C21H29N5O. The molecule has 6 heteroatoms. The smallest absolute Gasteiger partial charge is 0.130 e. The highest BCUT2D eigenvalue weighted by molar-refractivity contribution is 5.60. The average Bonchev–Trinajstić information content (AvgIpc) is 2.74. The standard InChI is InChI=1S/C21H29N5O/c1-2-5-17(6-3-1)25-21-13-19(23-15-24-21)18-7-4-8-20(26-18)22-14-16-9-11-27-12-10-16/h4,7-8,13,15-17H,1-3,5-6,9-12,14H2,(H,22,26)(H,23,24,25). The Bertz CT molecular complexity index is 726. The summed E-state index contributed by atoms with van der Waals surface area (Å²) in [7, 11) is 0. The molecule has 4 rings (SSSR count). The number of pyridine rings is 1. The maximum Gasteiger partial charge on any atom is 0.130 e. The lowest BCUT2D eigenvalue weighted by atomic mass is 9.95. The van der Waals surface area contributed by atoms with Crippen LogP contribution in [0.2, 0.25) is 0 Å². The largest absolute Gasteiger partial charge is 0.381 e. The Morgan fingerprint density at radius 3 is 2.63 bits per heavy atom. The van der Waals surface area contributed by atoms with Gasteiger partial charge in [0.15, 0.2) is 0 Å². The Morgan fingerprint density at radius 1 is 0.926 bits per heavy atom. The number of hydrogen-bond acceptors (Lipinski definition) is 6. The van der Waals surface area contributed by atoms with Gasteiger partial charge in [-0.3, -0.25) is 0 Å². The van der Waals surface area contributed by atoms with E-state index in [9.17, 15) is 0 Å². The van der Waals surface area contributed by atoms with Crippen LogP contribution in [0.1, 0.15) is 44.9 Å². The minimum absolute atomic E-state index is 0.530. The molecule has 2 fully saturated rings. The Hall–Kier alpha value is -2.21. The van der Waals surface area contributed by atoms with E-state index >= 15 is 0 Å². The van der Waals surface area contributed by atoms with Crippen molar-refractivity contribution in [1.29, 1.82) is 0 Å². The summed E-state index contributed by atoms with van der Waals surface area (Å²) in [5.74, 6) is 2.46. The first-order valence-corrected chi connectivity index (χ1v) is 10.2. The zero-order valence-electron chi connectivity index (χ0n) is 15.9. The second-order valence-corrected chi connectivity index (χ2v) is 7.61. The number of aromatic nitrogens is 3. The molecule has 2 N–H and O–H groups in total. The normalized spacial score (nSPS) is 19.0. The van der Waals surface area contributed by atoms with Gasteiger partial charge in [0.05, 0.1) is 11.4 Å². The number of ether oxygens (including phenoxy) is 1. The van der Waals surface area contributed by atoms with E-state index in [2.05, 4.69) is 20.6 Å². The lowest BCUT2D eigenvalue weighted by Gasteiger charge is -2.23. The first kappa shape index (κ1) is 18.2. The second-order valence-electron chi connectivity index (χ2n) is 7.61. The van der Waals surface area contributed by atoms with Crippen LogP contribution in [0.15, 0.2) is 30.6 Å². The van der Waals surface area contributed by atoms with E-state index in [0.29, 0.717) is 12.0 Å². The molecule has 3 heterocycles. The number of nitrogens with zero attached hydrogens (tertiary/aromatic N) is 3. The molecule has 0 spiro atoms. The molecule has 1 aliphatic carbocycles. The van der Waals surface area contributed by atoms with Gasteiger partial charge in [-0.15, -0.1) is 0 Å². The van der Waals surface area contributed by atoms with Crippen molar-refractivity contribution in [2.45, 2.75) is 51.0 Å². The van der Waals surface area contributed by atoms with Crippen LogP contribution in [0.25, 0.3) is 11.4 Å². The highest BCUT2D eigenvalue weighted by Crippen LogP contribution is 2.23. The van der Waals surface area contributed by atoms with Crippen molar-refractivity contribution >= 4 is 11.6 Å². The van der Waals surface area contributed by atoms with Gasteiger partial charge in [0.1, 0.15) is 18.0 Å². The van der Waals surface area contributed by atoms with Crippen LogP contribution < -0.4 is 10.6 Å². The Labute approximate surface area is 161 Å². The summed E-state index contributed by atoms with van der Waals surface area (Å²) in [5, 5.41) is 7.05. The van der Waals surface area contributed by atoms with Gasteiger partial charge in [0, 0.05) is 31.9 Å². The molecule has 1 saturated carbocycles. The summed E-state index contributed by atoms with van der Waals surface area (Å²) in [4.78, 5) is 13.6. The van der Waals surface area contributed by atoms with E-state index in [1.165, 1.54) is 32.1 Å². The third kappa shape index (κ3) is 5.16. The van der Waals surface area contributed by atoms with Crippen molar-refractivity contribution in [3.05, 3.63) is 30.6 Å². The lowest BCUT2D eigenvalue weighted by molar-refractivity contribution is 0.0699. The van der Waals surface area contributed by atoms with Gasteiger partial charge in [0.2, 0.25) is 0 Å². The zero-order chi connectivity index (χ0) is 18.3. The predicted octanol–water partition coefficient (Wildman–Crippen LogP) is 4.12. The van der Waals surface area contributed by atoms with Crippen LogP contribution in [0.3, 0.4) is 0 Å². The molecular weight excluding hydrogens is 338 g/mol. The molecule has 0 atom stereocenters. The topological polar surface area (TPSA) is 72.0 Å². The van der Waals surface area contributed by atoms with Crippen LogP contribution >= 0.6 is 0 Å². The van der Waals surface area contributed by atoms with Crippen LogP contribution in [0.5, 0.6) is 0 Å². The Kier molecular flexibility index (Phi) is 6.14. The average molecular weight is 367 g/mol. The SMILES string of the molecule is c1cc(NCC2CCOCC2)nc(-c2cc(NC3CCCCC3)ncn2)c1. The van der Waals surface area contributed by atoms with Crippen molar-refractivity contribution in [3.63, 3.8) is 0 Å². The molecule has 0 unspecified atom stereocenters. The minimum atomic E-state index is 0.530. The van der Waals surface area contributed by atoms with Gasteiger partial charge in [-0.2, -0.15) is 0 Å². The fraction of sp³-hybridized carbons (Fsp3) is 0.571. The van der Waals surface area contributed by atoms with Gasteiger partial charge >= 0.3 is 0 Å². The quantitative estimate of drug-likeness (QED) is 0.800. The summed E-state index contributed by atoms with van der Waals surface area (Å²) in [5.41, 5.74) is 1.74. The van der Waals surface area contributed by atoms with Crippen LogP contribution in [-0.4, -0.2) is 40.8 Å². The number of nitrogens with one attached hydrogen (secondary N) is 2. The summed E-state index contributed by atoms with van der Waals surface area (Å²) in [6.07, 6.45) is 10.3. The molecule has 1 saturated heterocycles. The van der Waals surface area contributed by atoms with Gasteiger partial charge in [0.25, 0.3) is 0 Å². The summed E-state index contributed by atoms with van der Waals surface area (Å²) in [6.45, 7) is 2.69.